The number of nitrogens with zero attached hydrogens (tertiary/aromatic N) is 1. The highest BCUT2D eigenvalue weighted by molar-refractivity contribution is 7.97. The number of hydrogen-bond acceptors (Lipinski definition) is 5. The monoisotopic (exact) mass is 418 g/mol. The molecule has 150 valence electrons. The first-order chi connectivity index (χ1) is 12.6. The van der Waals surface area contributed by atoms with E-state index in [1.54, 1.807) is 11.2 Å². The van der Waals surface area contributed by atoms with E-state index in [1.807, 2.05) is 20.8 Å². The summed E-state index contributed by atoms with van der Waals surface area (Å²) in [5.74, 6) is -1.16. The molecule has 1 saturated heterocycles. The van der Waals surface area contributed by atoms with Gasteiger partial charge in [0.2, 0.25) is 0 Å². The molecule has 0 saturated carbocycles. The molecular weight excluding hydrogens is 395 g/mol. The third-order valence-electron chi connectivity index (χ3n) is 3.90. The van der Waals surface area contributed by atoms with Gasteiger partial charge in [0.05, 0.1) is 16.6 Å². The first-order valence-corrected chi connectivity index (χ1v) is 10.2. The summed E-state index contributed by atoms with van der Waals surface area (Å²) < 4.78 is 27.7. The number of halogens is 2. The largest absolute Gasteiger partial charge is 0.490 e. The lowest BCUT2D eigenvalue weighted by molar-refractivity contribution is 0.0187. The fourth-order valence-corrected chi connectivity index (χ4v) is 3.23. The molecule has 2 rings (SSSR count). The lowest BCUT2D eigenvalue weighted by atomic mass is 10.2. The lowest BCUT2D eigenvalue weighted by Gasteiger charge is -2.28. The van der Waals surface area contributed by atoms with Gasteiger partial charge in [0, 0.05) is 18.9 Å². The van der Waals surface area contributed by atoms with E-state index in [2.05, 4.69) is 4.72 Å². The van der Waals surface area contributed by atoms with Gasteiger partial charge in [-0.15, -0.1) is 0 Å². The predicted octanol–water partition coefficient (Wildman–Crippen LogP) is 4.27. The zero-order valence-corrected chi connectivity index (χ0v) is 17.4. The molecule has 0 spiro atoms. The molecule has 0 radical (unpaired) electrons. The fourth-order valence-electron chi connectivity index (χ4n) is 2.72. The van der Waals surface area contributed by atoms with Crippen LogP contribution in [0.3, 0.4) is 0 Å². The number of hydrogen-bond donors (Lipinski definition) is 1. The van der Waals surface area contributed by atoms with Gasteiger partial charge >= 0.3 is 6.09 Å². The molecule has 1 fully saturated rings. The van der Waals surface area contributed by atoms with Gasteiger partial charge < -0.3 is 14.4 Å². The van der Waals surface area contributed by atoms with Gasteiger partial charge in [-0.2, -0.15) is 0 Å². The minimum Gasteiger partial charge on any atom is -0.490 e. The second kappa shape index (κ2) is 9.01. The first-order valence-electron chi connectivity index (χ1n) is 8.57. The normalized spacial score (nSPS) is 17.0. The van der Waals surface area contributed by atoms with Crippen LogP contribution in [0.15, 0.2) is 12.1 Å². The van der Waals surface area contributed by atoms with E-state index in [-0.39, 0.29) is 29.0 Å². The van der Waals surface area contributed by atoms with Crippen LogP contribution in [0.5, 0.6) is 5.75 Å². The van der Waals surface area contributed by atoms with Crippen LogP contribution in [0.25, 0.3) is 0 Å². The Morgan fingerprint density at radius 1 is 1.41 bits per heavy atom. The van der Waals surface area contributed by atoms with Crippen molar-refractivity contribution in [3.63, 3.8) is 0 Å². The maximum Gasteiger partial charge on any atom is 0.410 e. The maximum absolute atomic E-state index is 14.2. The van der Waals surface area contributed by atoms with Crippen LogP contribution in [0, 0.1) is 5.82 Å². The standard InChI is InChI=1S/C18H24ClFN2O4S/c1-18(2,3)26-17(24)22-7-5-6-11(22)10-25-15-9-14(20)12(8-13(15)19)16(23)21-27-4/h8-9,11H,5-7,10H2,1-4H3,(H,21,23). The van der Waals surface area contributed by atoms with E-state index in [4.69, 9.17) is 21.1 Å². The summed E-state index contributed by atoms with van der Waals surface area (Å²) in [4.78, 5) is 25.7. The third kappa shape index (κ3) is 5.90. The number of rotatable bonds is 5. The second-order valence-corrected chi connectivity index (χ2v) is 8.20. The summed E-state index contributed by atoms with van der Waals surface area (Å²) in [6, 6.07) is 2.14. The lowest BCUT2D eigenvalue weighted by Crippen LogP contribution is -2.42. The second-order valence-electron chi connectivity index (χ2n) is 7.18. The molecule has 0 bridgehead atoms. The van der Waals surface area contributed by atoms with Crippen molar-refractivity contribution < 1.29 is 23.5 Å². The molecule has 1 heterocycles. The topological polar surface area (TPSA) is 67.9 Å². The SMILES string of the molecule is CSNC(=O)c1cc(Cl)c(OCC2CCCN2C(=O)OC(C)(C)C)cc1F. The minimum absolute atomic E-state index is 0.129. The zero-order valence-electron chi connectivity index (χ0n) is 15.8. The van der Waals surface area contributed by atoms with E-state index in [1.165, 1.54) is 6.07 Å². The molecule has 1 aromatic rings. The van der Waals surface area contributed by atoms with Gasteiger partial charge in [-0.05, 0) is 39.7 Å². The Hall–Kier alpha value is -1.67. The Kier molecular flexibility index (Phi) is 7.22. The number of carbonyl (C=O) groups is 2. The highest BCUT2D eigenvalue weighted by Gasteiger charge is 2.32. The molecule has 2 amide bonds. The van der Waals surface area contributed by atoms with Gasteiger partial charge in [-0.1, -0.05) is 23.5 Å². The number of amides is 2. The molecule has 9 heteroatoms. The Balaban J connectivity index is 2.04. The fraction of sp³-hybridized carbons (Fsp3) is 0.556. The maximum atomic E-state index is 14.2. The van der Waals surface area contributed by atoms with E-state index < -0.39 is 23.4 Å². The van der Waals surface area contributed by atoms with Crippen molar-refractivity contribution in [1.29, 1.82) is 0 Å². The van der Waals surface area contributed by atoms with Crippen molar-refractivity contribution in [1.82, 2.24) is 9.62 Å². The molecule has 1 atom stereocenters. The number of likely N-dealkylation sites (tertiary alicyclic amines) is 1. The van der Waals surface area contributed by atoms with Crippen molar-refractivity contribution in [2.45, 2.75) is 45.3 Å². The number of ether oxygens (including phenoxy) is 2. The summed E-state index contributed by atoms with van der Waals surface area (Å²) in [5, 5.41) is 0.129. The van der Waals surface area contributed by atoms with Gasteiger partial charge in [0.25, 0.3) is 5.91 Å². The average molecular weight is 419 g/mol. The molecular formula is C18H24ClFN2O4S. The van der Waals surface area contributed by atoms with Crippen LogP contribution in [0.1, 0.15) is 44.0 Å². The van der Waals surface area contributed by atoms with Crippen LogP contribution in [-0.2, 0) is 4.74 Å². The smallest absolute Gasteiger partial charge is 0.410 e. The zero-order chi connectivity index (χ0) is 20.2. The van der Waals surface area contributed by atoms with E-state index in [0.29, 0.717) is 6.54 Å². The molecule has 1 aromatic carbocycles. The predicted molar refractivity (Wildman–Crippen MR) is 104 cm³/mol. The van der Waals surface area contributed by atoms with Gasteiger partial charge in [-0.3, -0.25) is 9.52 Å². The molecule has 1 aliphatic heterocycles. The molecule has 0 aromatic heterocycles. The summed E-state index contributed by atoms with van der Waals surface area (Å²) in [6.45, 7) is 6.17. The molecule has 6 nitrogen and oxygen atoms in total. The van der Waals surface area contributed by atoms with Crippen molar-refractivity contribution in [2.24, 2.45) is 0 Å². The van der Waals surface area contributed by atoms with Crippen molar-refractivity contribution >= 4 is 35.5 Å². The van der Waals surface area contributed by atoms with Crippen LogP contribution in [0.2, 0.25) is 5.02 Å². The highest BCUT2D eigenvalue weighted by atomic mass is 35.5. The van der Waals surface area contributed by atoms with E-state index >= 15 is 0 Å². The highest BCUT2D eigenvalue weighted by Crippen LogP contribution is 2.29. The van der Waals surface area contributed by atoms with Crippen molar-refractivity contribution in [3.8, 4) is 5.75 Å². The molecule has 0 aliphatic carbocycles. The van der Waals surface area contributed by atoms with Gasteiger partial charge in [-0.25, -0.2) is 9.18 Å². The molecule has 1 aliphatic rings. The average Bonchev–Trinajstić information content (AvgIpc) is 3.02. The summed E-state index contributed by atoms with van der Waals surface area (Å²) in [7, 11) is 0. The van der Waals surface area contributed by atoms with Crippen molar-refractivity contribution in [2.75, 3.05) is 19.4 Å². The summed E-state index contributed by atoms with van der Waals surface area (Å²) >= 11 is 7.20. The Morgan fingerprint density at radius 2 is 2.11 bits per heavy atom. The molecule has 1 unspecified atom stereocenters. The van der Waals surface area contributed by atoms with Crippen LogP contribution < -0.4 is 9.46 Å². The number of benzene rings is 1. The molecule has 1 N–H and O–H groups in total. The Bertz CT molecular complexity index is 711. The van der Waals surface area contributed by atoms with Gasteiger partial charge in [0.15, 0.2) is 0 Å². The van der Waals surface area contributed by atoms with Crippen LogP contribution >= 0.6 is 23.5 Å². The van der Waals surface area contributed by atoms with E-state index in [9.17, 15) is 14.0 Å². The third-order valence-corrected chi connectivity index (χ3v) is 4.58. The summed E-state index contributed by atoms with van der Waals surface area (Å²) in [5.41, 5.74) is -0.733. The van der Waals surface area contributed by atoms with E-state index in [0.717, 1.165) is 30.9 Å². The molecule has 27 heavy (non-hydrogen) atoms. The van der Waals surface area contributed by atoms with Gasteiger partial charge in [0.1, 0.15) is 23.8 Å². The minimum atomic E-state index is -0.726. The number of carbonyl (C=O) groups excluding carboxylic acids is 2. The summed E-state index contributed by atoms with van der Waals surface area (Å²) in [6.07, 6.45) is 2.86. The number of nitrogens with one attached hydrogen (secondary N) is 1. The Morgan fingerprint density at radius 3 is 2.74 bits per heavy atom. The first kappa shape index (κ1) is 21.6. The van der Waals surface area contributed by atoms with Crippen molar-refractivity contribution in [3.05, 3.63) is 28.5 Å². The van der Waals surface area contributed by atoms with Crippen LogP contribution in [-0.4, -0.2) is 48.0 Å². The Labute approximate surface area is 167 Å². The van der Waals surface area contributed by atoms with Crippen LogP contribution in [0.4, 0.5) is 9.18 Å². The quantitative estimate of drug-likeness (QED) is 0.723.